The Morgan fingerprint density at radius 1 is 0.840 bits per heavy atom. The van der Waals surface area contributed by atoms with E-state index >= 15 is 0 Å². The molecule has 0 bridgehead atoms. The van der Waals surface area contributed by atoms with E-state index in [1.54, 1.807) is 13.3 Å². The van der Waals surface area contributed by atoms with Crippen LogP contribution in [-0.2, 0) is 6.61 Å². The summed E-state index contributed by atoms with van der Waals surface area (Å²) in [7, 11) is 1.65. The molecule has 0 N–H and O–H groups in total. The normalized spacial score (nSPS) is 10.4. The van der Waals surface area contributed by atoms with Gasteiger partial charge in [0.1, 0.15) is 23.9 Å². The van der Waals surface area contributed by atoms with Crippen LogP contribution < -0.4 is 14.2 Å². The number of aromatic nitrogens is 1. The minimum absolute atomic E-state index is 0.475. The first-order valence-electron chi connectivity index (χ1n) is 8.11. The number of benzene rings is 2. The van der Waals surface area contributed by atoms with Gasteiger partial charge in [-0.15, -0.1) is 0 Å². The molecular formula is C21H21NO3. The molecule has 1 heterocycles. The Kier molecular flexibility index (Phi) is 5.19. The van der Waals surface area contributed by atoms with E-state index in [0.29, 0.717) is 18.2 Å². The Morgan fingerprint density at radius 3 is 2.12 bits per heavy atom. The first kappa shape index (κ1) is 16.8. The van der Waals surface area contributed by atoms with Gasteiger partial charge < -0.3 is 14.2 Å². The number of para-hydroxylation sites is 1. The first-order valence-corrected chi connectivity index (χ1v) is 8.11. The van der Waals surface area contributed by atoms with E-state index in [0.717, 1.165) is 28.2 Å². The van der Waals surface area contributed by atoms with Gasteiger partial charge in [-0.25, -0.2) is 4.98 Å². The van der Waals surface area contributed by atoms with E-state index in [-0.39, 0.29) is 0 Å². The van der Waals surface area contributed by atoms with E-state index < -0.39 is 0 Å². The van der Waals surface area contributed by atoms with Crippen molar-refractivity contribution >= 4 is 0 Å². The van der Waals surface area contributed by atoms with Gasteiger partial charge in [0.25, 0.3) is 0 Å². The van der Waals surface area contributed by atoms with Crippen molar-refractivity contribution in [3.8, 4) is 23.1 Å². The second-order valence-electron chi connectivity index (χ2n) is 5.79. The SMILES string of the molecule is COc1ccc(COc2ccc(Oc3c(C)cccc3C)nc2)cc1. The van der Waals surface area contributed by atoms with Crippen molar-refractivity contribution in [1.29, 1.82) is 0 Å². The van der Waals surface area contributed by atoms with Gasteiger partial charge >= 0.3 is 0 Å². The van der Waals surface area contributed by atoms with Crippen molar-refractivity contribution < 1.29 is 14.2 Å². The van der Waals surface area contributed by atoms with E-state index in [2.05, 4.69) is 4.98 Å². The zero-order valence-corrected chi connectivity index (χ0v) is 14.7. The predicted molar refractivity (Wildman–Crippen MR) is 97.6 cm³/mol. The van der Waals surface area contributed by atoms with Crippen molar-refractivity contribution in [1.82, 2.24) is 4.98 Å². The number of aryl methyl sites for hydroxylation is 2. The van der Waals surface area contributed by atoms with Gasteiger partial charge in [0.05, 0.1) is 13.3 Å². The molecule has 2 aromatic carbocycles. The highest BCUT2D eigenvalue weighted by atomic mass is 16.5. The molecule has 0 fully saturated rings. The summed E-state index contributed by atoms with van der Waals surface area (Å²) in [5.41, 5.74) is 3.24. The number of ether oxygens (including phenoxy) is 3. The summed E-state index contributed by atoms with van der Waals surface area (Å²) in [6.45, 7) is 4.52. The Balaban J connectivity index is 1.62. The van der Waals surface area contributed by atoms with Gasteiger partial charge in [0.15, 0.2) is 0 Å². The van der Waals surface area contributed by atoms with E-state index in [9.17, 15) is 0 Å². The molecule has 0 atom stereocenters. The molecule has 4 heteroatoms. The highest BCUT2D eigenvalue weighted by molar-refractivity contribution is 5.42. The van der Waals surface area contributed by atoms with Crippen LogP contribution in [0.25, 0.3) is 0 Å². The Labute approximate surface area is 148 Å². The van der Waals surface area contributed by atoms with Crippen molar-refractivity contribution in [3.63, 3.8) is 0 Å². The summed E-state index contributed by atoms with van der Waals surface area (Å²) in [5, 5.41) is 0. The van der Waals surface area contributed by atoms with Crippen LogP contribution in [0.2, 0.25) is 0 Å². The summed E-state index contributed by atoms with van der Waals surface area (Å²) in [4.78, 5) is 4.33. The first-order chi connectivity index (χ1) is 12.2. The van der Waals surface area contributed by atoms with Gasteiger partial charge in [-0.05, 0) is 48.7 Å². The maximum absolute atomic E-state index is 5.90. The summed E-state index contributed by atoms with van der Waals surface area (Å²) in [6.07, 6.45) is 1.67. The number of nitrogens with zero attached hydrogens (tertiary/aromatic N) is 1. The molecule has 3 aromatic rings. The summed E-state index contributed by atoms with van der Waals surface area (Å²) >= 11 is 0. The van der Waals surface area contributed by atoms with Crippen LogP contribution in [0.3, 0.4) is 0 Å². The van der Waals surface area contributed by atoms with Crippen LogP contribution in [0.5, 0.6) is 23.1 Å². The molecule has 0 aliphatic carbocycles. The topological polar surface area (TPSA) is 40.6 Å². The zero-order valence-electron chi connectivity index (χ0n) is 14.7. The van der Waals surface area contributed by atoms with Crippen molar-refractivity contribution in [2.24, 2.45) is 0 Å². The Morgan fingerprint density at radius 2 is 1.52 bits per heavy atom. The predicted octanol–water partition coefficient (Wildman–Crippen LogP) is 5.08. The fourth-order valence-electron chi connectivity index (χ4n) is 2.47. The molecule has 3 rings (SSSR count). The third-order valence-corrected chi connectivity index (χ3v) is 3.89. The number of hydrogen-bond acceptors (Lipinski definition) is 4. The smallest absolute Gasteiger partial charge is 0.219 e. The molecule has 0 spiro atoms. The highest BCUT2D eigenvalue weighted by Gasteiger charge is 2.06. The van der Waals surface area contributed by atoms with Gasteiger partial charge in [-0.3, -0.25) is 0 Å². The third kappa shape index (κ3) is 4.29. The van der Waals surface area contributed by atoms with Crippen molar-refractivity contribution in [2.45, 2.75) is 20.5 Å². The van der Waals surface area contributed by atoms with Crippen molar-refractivity contribution in [2.75, 3.05) is 7.11 Å². The van der Waals surface area contributed by atoms with Crippen LogP contribution in [-0.4, -0.2) is 12.1 Å². The second-order valence-corrected chi connectivity index (χ2v) is 5.79. The Bertz CT molecular complexity index is 807. The van der Waals surface area contributed by atoms with Crippen LogP contribution in [0.4, 0.5) is 0 Å². The maximum Gasteiger partial charge on any atom is 0.219 e. The van der Waals surface area contributed by atoms with Gasteiger partial charge in [-0.1, -0.05) is 30.3 Å². The van der Waals surface area contributed by atoms with Crippen molar-refractivity contribution in [3.05, 3.63) is 77.5 Å². The Hall–Kier alpha value is -3.01. The second kappa shape index (κ2) is 7.71. The molecule has 25 heavy (non-hydrogen) atoms. The summed E-state index contributed by atoms with van der Waals surface area (Å²) in [5.74, 6) is 2.93. The quantitative estimate of drug-likeness (QED) is 0.630. The molecule has 0 saturated heterocycles. The summed E-state index contributed by atoms with van der Waals surface area (Å²) < 4.78 is 16.8. The lowest BCUT2D eigenvalue weighted by Crippen LogP contribution is -1.97. The number of pyridine rings is 1. The van der Waals surface area contributed by atoms with Crippen LogP contribution >= 0.6 is 0 Å². The minimum Gasteiger partial charge on any atom is -0.497 e. The van der Waals surface area contributed by atoms with Gasteiger partial charge in [0, 0.05) is 6.07 Å². The van der Waals surface area contributed by atoms with Gasteiger partial charge in [-0.2, -0.15) is 0 Å². The van der Waals surface area contributed by atoms with Crippen LogP contribution in [0.1, 0.15) is 16.7 Å². The fraction of sp³-hybridized carbons (Fsp3) is 0.190. The molecule has 0 saturated carbocycles. The van der Waals surface area contributed by atoms with Crippen LogP contribution in [0.15, 0.2) is 60.8 Å². The lowest BCUT2D eigenvalue weighted by atomic mass is 10.1. The maximum atomic E-state index is 5.90. The molecule has 0 radical (unpaired) electrons. The molecule has 128 valence electrons. The fourth-order valence-corrected chi connectivity index (χ4v) is 2.47. The highest BCUT2D eigenvalue weighted by Crippen LogP contribution is 2.28. The molecule has 0 unspecified atom stereocenters. The van der Waals surface area contributed by atoms with E-state index in [1.807, 2.05) is 68.4 Å². The number of hydrogen-bond donors (Lipinski definition) is 0. The van der Waals surface area contributed by atoms with Gasteiger partial charge in [0.2, 0.25) is 5.88 Å². The summed E-state index contributed by atoms with van der Waals surface area (Å²) in [6, 6.07) is 17.5. The molecule has 0 amide bonds. The average Bonchev–Trinajstić information content (AvgIpc) is 2.64. The molecule has 4 nitrogen and oxygen atoms in total. The van der Waals surface area contributed by atoms with E-state index in [4.69, 9.17) is 14.2 Å². The van der Waals surface area contributed by atoms with E-state index in [1.165, 1.54) is 0 Å². The largest absolute Gasteiger partial charge is 0.497 e. The third-order valence-electron chi connectivity index (χ3n) is 3.89. The standard InChI is InChI=1S/C21H21NO3/c1-15-5-4-6-16(2)21(15)25-20-12-11-19(13-22-20)24-14-17-7-9-18(23-3)10-8-17/h4-13H,14H2,1-3H3. The lowest BCUT2D eigenvalue weighted by Gasteiger charge is -2.11. The minimum atomic E-state index is 0.475. The molecule has 0 aliphatic heterocycles. The lowest BCUT2D eigenvalue weighted by molar-refractivity contribution is 0.303. The molecule has 1 aromatic heterocycles. The molecule has 0 aliphatic rings. The average molecular weight is 335 g/mol. The zero-order chi connectivity index (χ0) is 17.6. The molecular weight excluding hydrogens is 314 g/mol. The number of rotatable bonds is 6. The monoisotopic (exact) mass is 335 g/mol. The number of methoxy groups -OCH3 is 1. The van der Waals surface area contributed by atoms with Crippen LogP contribution in [0, 0.1) is 13.8 Å².